The fraction of sp³-hybridized carbons (Fsp3) is 0.908. The van der Waals surface area contributed by atoms with Crippen LogP contribution in [0.5, 0.6) is 0 Å². The fourth-order valence-electron chi connectivity index (χ4n) is 23.9. The lowest BCUT2D eigenvalue weighted by Gasteiger charge is -2.50. The van der Waals surface area contributed by atoms with Crippen LogP contribution < -0.4 is 77.3 Å². The van der Waals surface area contributed by atoms with E-state index >= 15 is 0 Å². The van der Waals surface area contributed by atoms with Crippen molar-refractivity contribution >= 4 is 53.5 Å². The van der Waals surface area contributed by atoms with E-state index in [1.807, 2.05) is 0 Å². The van der Waals surface area contributed by atoms with Gasteiger partial charge in [-0.3, -0.25) is 0 Å². The van der Waals surface area contributed by atoms with E-state index in [9.17, 15) is 0 Å². The Kier molecular flexibility index (Phi) is 34.7. The lowest BCUT2D eigenvalue weighted by Crippen LogP contribution is -2.63. The van der Waals surface area contributed by atoms with Crippen LogP contribution >= 0.6 is 0 Å². The van der Waals surface area contributed by atoms with Crippen LogP contribution in [0.15, 0.2) is 0 Å². The van der Waals surface area contributed by atoms with Crippen molar-refractivity contribution < 1.29 is 0 Å². The van der Waals surface area contributed by atoms with Crippen molar-refractivity contribution in [3.63, 3.8) is 0 Å². The molecular weight excluding hydrogens is 1510 g/mol. The van der Waals surface area contributed by atoms with Gasteiger partial charge in [0.25, 0.3) is 0 Å². The van der Waals surface area contributed by atoms with Gasteiger partial charge in [0.15, 0.2) is 0 Å². The summed E-state index contributed by atoms with van der Waals surface area (Å²) >= 11 is 0. The minimum atomic E-state index is -0.0681. The predicted molar refractivity (Wildman–Crippen MR) is 520 cm³/mol. The van der Waals surface area contributed by atoms with E-state index in [1.165, 1.54) is 0 Å². The third-order valence-electron chi connectivity index (χ3n) is 26.9. The monoisotopic (exact) mass is 1700 g/mol. The van der Waals surface area contributed by atoms with Gasteiger partial charge in [-0.25, -0.2) is 0 Å². The number of nitrogens with one attached hydrogen (secondary N) is 9. The summed E-state index contributed by atoms with van der Waals surface area (Å²) in [6, 6.07) is 1.68. The zero-order valence-corrected chi connectivity index (χ0v) is 84.0. The van der Waals surface area contributed by atoms with Crippen LogP contribution in [0, 0.1) is 0 Å². The van der Waals surface area contributed by atoms with Crippen molar-refractivity contribution in [3.05, 3.63) is 0 Å². The molecule has 0 spiro atoms. The van der Waals surface area contributed by atoms with Gasteiger partial charge in [0.2, 0.25) is 53.5 Å². The second-order valence-electron chi connectivity index (χ2n) is 47.2. The van der Waals surface area contributed by atoms with Crippen molar-refractivity contribution in [3.8, 4) is 0 Å². The quantitative estimate of drug-likeness (QED) is 0.0239. The fourth-order valence-corrected chi connectivity index (χ4v) is 23.9. The Morgan fingerprint density at radius 1 is 0.238 bits per heavy atom. The maximum Gasteiger partial charge on any atom is 0.232 e. The highest BCUT2D eigenvalue weighted by Crippen LogP contribution is 2.43. The molecule has 0 saturated carbocycles. The standard InChI is InChI=1S/C98H186N24/c1-31-37-53-117(72-59-87(7,8)111-88(9,10)60-72)81-102-78(103-82(108-81)118(54-38-32-2)73-61-89(11,12)112-90(13,14)62-73)99-51-47-43-45-49-71(101-80-106-85(121(57-41-35-5)76-67-95(23,24)115-96(25,26)68-76)110-86(107-80)122(58-42-36-6)77-69-97(27,28)116-98(29,30)70-77)50-46-44-48-52-100-79-104-83(119(55-39-33-3)74-63-91(15,16)113-92(17,18)64-74)109-84(105-79)120(56-40-34-4)75-65-93(19,20)114-94(21,22)66-75/h71-77,111-116H,31-70H2,1-30H3,(H,99,102,103,108)(H,100,104,105,109)(H,101,106,107,110). The van der Waals surface area contributed by atoms with Crippen molar-refractivity contribution in [2.45, 2.75) is 522 Å². The minimum absolute atomic E-state index is 0.0440. The molecule has 6 aliphatic rings. The molecule has 122 heavy (non-hydrogen) atoms. The van der Waals surface area contributed by atoms with Gasteiger partial charge >= 0.3 is 0 Å². The molecule has 6 aliphatic heterocycles. The van der Waals surface area contributed by atoms with Gasteiger partial charge in [-0.1, -0.05) is 106 Å². The molecule has 3 aromatic rings. The molecule has 9 rings (SSSR count). The number of anilines is 9. The Morgan fingerprint density at radius 3 is 0.582 bits per heavy atom. The van der Waals surface area contributed by atoms with E-state index in [-0.39, 0.29) is 109 Å². The van der Waals surface area contributed by atoms with Crippen LogP contribution in [0.1, 0.15) is 413 Å². The van der Waals surface area contributed by atoms with Crippen LogP contribution in [0.4, 0.5) is 53.5 Å². The maximum absolute atomic E-state index is 5.77. The second kappa shape index (κ2) is 42.0. The largest absolute Gasteiger partial charge is 0.354 e. The first kappa shape index (κ1) is 101. The molecule has 0 amide bonds. The summed E-state index contributed by atoms with van der Waals surface area (Å²) in [6.07, 6.45) is 33.1. The summed E-state index contributed by atoms with van der Waals surface area (Å²) < 4.78 is 0. The number of aromatic nitrogens is 9. The lowest BCUT2D eigenvalue weighted by atomic mass is 9.79. The summed E-state index contributed by atoms with van der Waals surface area (Å²) in [5, 5.41) is 36.0. The molecule has 6 saturated heterocycles. The van der Waals surface area contributed by atoms with Crippen LogP contribution in [0.25, 0.3) is 0 Å². The van der Waals surface area contributed by atoms with E-state index in [0.29, 0.717) is 17.8 Å². The molecule has 0 unspecified atom stereocenters. The zero-order chi connectivity index (χ0) is 89.7. The Balaban J connectivity index is 1.05. The molecule has 3 aromatic heterocycles. The molecule has 698 valence electrons. The Hall–Kier alpha value is -5.01. The number of hydrogen-bond acceptors (Lipinski definition) is 24. The molecule has 9 N–H and O–H groups in total. The Morgan fingerprint density at radius 2 is 0.410 bits per heavy atom. The topological polar surface area (TPSA) is 244 Å². The van der Waals surface area contributed by atoms with E-state index in [0.717, 1.165) is 294 Å². The molecule has 0 aromatic carbocycles. The van der Waals surface area contributed by atoms with Crippen LogP contribution in [0.2, 0.25) is 0 Å². The molecule has 24 nitrogen and oxygen atoms in total. The average Bonchev–Trinajstić information content (AvgIpc) is 0.779. The number of hydrogen-bond donors (Lipinski definition) is 9. The molecule has 0 bridgehead atoms. The molecule has 0 radical (unpaired) electrons. The van der Waals surface area contributed by atoms with Gasteiger partial charge in [-0.2, -0.15) is 44.9 Å². The van der Waals surface area contributed by atoms with Gasteiger partial charge < -0.3 is 77.3 Å². The van der Waals surface area contributed by atoms with Crippen LogP contribution in [-0.2, 0) is 0 Å². The molecule has 6 fully saturated rings. The van der Waals surface area contributed by atoms with Crippen molar-refractivity contribution in [2.24, 2.45) is 0 Å². The highest BCUT2D eigenvalue weighted by molar-refractivity contribution is 5.51. The summed E-state index contributed by atoms with van der Waals surface area (Å²) in [6.45, 7) is 77.7. The normalized spacial score (nSPS) is 22.4. The molecular formula is C98H186N24. The number of rotatable bonds is 46. The predicted octanol–water partition coefficient (Wildman–Crippen LogP) is 19.9. The third kappa shape index (κ3) is 30.6. The third-order valence-corrected chi connectivity index (χ3v) is 26.9. The first-order valence-electron chi connectivity index (χ1n) is 49.8. The SMILES string of the molecule is CCCCN(c1nc(NCCCCCC(CCCCCNc2nc(N(CCCC)C3CC(C)(C)NC(C)(C)C3)nc(N(CCCC)C3CC(C)(C)NC(C)(C)C3)n2)Nc2nc(N(CCCC)C3CC(C)(C)NC(C)(C)C3)nc(N(CCCC)C3CC(C)(C)NC(C)(C)C3)n2)nc(N(CCCC)C2CC(C)(C)NC(C)(C)C2)n1)C1CC(C)(C)NC(C)(C)C1. The van der Waals surface area contributed by atoms with Crippen molar-refractivity contribution in [2.75, 3.05) is 97.7 Å². The highest BCUT2D eigenvalue weighted by Gasteiger charge is 2.48. The lowest BCUT2D eigenvalue weighted by molar-refractivity contribution is 0.156. The minimum Gasteiger partial charge on any atom is -0.354 e. The van der Waals surface area contributed by atoms with Crippen LogP contribution in [0.3, 0.4) is 0 Å². The van der Waals surface area contributed by atoms with E-state index in [4.69, 9.17) is 44.9 Å². The van der Waals surface area contributed by atoms with Crippen molar-refractivity contribution in [1.29, 1.82) is 0 Å². The summed E-state index contributed by atoms with van der Waals surface area (Å²) in [7, 11) is 0. The molecule has 0 aliphatic carbocycles. The molecule has 9 heterocycles. The number of unbranched alkanes of at least 4 members (excludes halogenated alkanes) is 10. The summed E-state index contributed by atoms with van der Waals surface area (Å²) in [5.41, 5.74) is -0.624. The van der Waals surface area contributed by atoms with E-state index in [1.54, 1.807) is 0 Å². The van der Waals surface area contributed by atoms with Gasteiger partial charge in [-0.15, -0.1) is 0 Å². The summed E-state index contributed by atoms with van der Waals surface area (Å²) in [4.78, 5) is 66.1. The van der Waals surface area contributed by atoms with Crippen molar-refractivity contribution in [1.82, 2.24) is 76.8 Å². The highest BCUT2D eigenvalue weighted by atomic mass is 15.4. The maximum atomic E-state index is 5.77. The first-order chi connectivity index (χ1) is 56.9. The van der Waals surface area contributed by atoms with Gasteiger partial charge in [0.05, 0.1) is 0 Å². The first-order valence-corrected chi connectivity index (χ1v) is 49.8. The number of piperidine rings is 6. The van der Waals surface area contributed by atoms with Gasteiger partial charge in [-0.05, 0) is 307 Å². The molecule has 24 heteroatoms. The van der Waals surface area contributed by atoms with Gasteiger partial charge in [0.1, 0.15) is 0 Å². The van der Waals surface area contributed by atoms with Crippen LogP contribution in [-0.4, -0.2) is 206 Å². The number of nitrogens with zero attached hydrogens (tertiary/aromatic N) is 15. The van der Waals surface area contributed by atoms with Gasteiger partial charge in [0, 0.05) is 161 Å². The van der Waals surface area contributed by atoms with E-state index in [2.05, 4.69) is 285 Å². The second-order valence-corrected chi connectivity index (χ2v) is 47.2. The smallest absolute Gasteiger partial charge is 0.232 e. The molecule has 0 atom stereocenters. The Labute approximate surface area is 745 Å². The average molecular weight is 1700 g/mol. The summed E-state index contributed by atoms with van der Waals surface area (Å²) in [5.74, 6) is 6.95. The zero-order valence-electron chi connectivity index (χ0n) is 84.0. The van der Waals surface area contributed by atoms with E-state index < -0.39 is 0 Å². The Bertz CT molecular complexity index is 3210.